The average molecular weight is 313 g/mol. The molecule has 5 heteroatoms. The fourth-order valence-electron chi connectivity index (χ4n) is 2.22. The Morgan fingerprint density at radius 3 is 2.89 bits per heavy atom. The van der Waals surface area contributed by atoms with Crippen LogP contribution in [-0.4, -0.2) is 25.2 Å². The van der Waals surface area contributed by atoms with Crippen LogP contribution in [0.4, 0.5) is 5.69 Å². The van der Waals surface area contributed by atoms with Crippen LogP contribution in [0.1, 0.15) is 29.6 Å². The SMILES string of the molecule is COC1CCC(NC(=O)c2ccc(N)c(Br)c2)C1. The minimum atomic E-state index is -0.0579. The molecule has 1 saturated carbocycles. The van der Waals surface area contributed by atoms with Crippen molar-refractivity contribution < 1.29 is 9.53 Å². The molecule has 2 atom stereocenters. The number of carbonyl (C=O) groups excluding carboxylic acids is 1. The fourth-order valence-corrected chi connectivity index (χ4v) is 2.60. The van der Waals surface area contributed by atoms with E-state index in [1.54, 1.807) is 25.3 Å². The van der Waals surface area contributed by atoms with Crippen molar-refractivity contribution in [1.82, 2.24) is 5.32 Å². The van der Waals surface area contributed by atoms with Gasteiger partial charge in [-0.3, -0.25) is 4.79 Å². The Balaban J connectivity index is 1.97. The third kappa shape index (κ3) is 3.03. The summed E-state index contributed by atoms with van der Waals surface area (Å²) < 4.78 is 6.03. The van der Waals surface area contributed by atoms with Crippen LogP contribution in [0.2, 0.25) is 0 Å². The summed E-state index contributed by atoms with van der Waals surface area (Å²) in [7, 11) is 1.71. The Labute approximate surface area is 115 Å². The van der Waals surface area contributed by atoms with Gasteiger partial charge in [0.1, 0.15) is 0 Å². The van der Waals surface area contributed by atoms with Gasteiger partial charge in [0, 0.05) is 28.9 Å². The largest absolute Gasteiger partial charge is 0.398 e. The lowest BCUT2D eigenvalue weighted by molar-refractivity contribution is 0.0915. The number of ether oxygens (including phenoxy) is 1. The van der Waals surface area contributed by atoms with E-state index in [4.69, 9.17) is 10.5 Å². The topological polar surface area (TPSA) is 64.3 Å². The predicted octanol–water partition coefficient (Wildman–Crippen LogP) is 2.33. The predicted molar refractivity (Wildman–Crippen MR) is 74.5 cm³/mol. The Morgan fingerprint density at radius 1 is 1.50 bits per heavy atom. The average Bonchev–Trinajstić information content (AvgIpc) is 2.80. The van der Waals surface area contributed by atoms with Gasteiger partial charge in [-0.25, -0.2) is 0 Å². The van der Waals surface area contributed by atoms with E-state index in [1.807, 2.05) is 0 Å². The molecule has 0 aliphatic heterocycles. The van der Waals surface area contributed by atoms with Gasteiger partial charge in [-0.05, 0) is 53.4 Å². The van der Waals surface area contributed by atoms with Crippen LogP contribution in [0, 0.1) is 0 Å². The summed E-state index contributed by atoms with van der Waals surface area (Å²) in [5, 5.41) is 3.03. The number of benzene rings is 1. The first-order chi connectivity index (χ1) is 8.60. The van der Waals surface area contributed by atoms with Gasteiger partial charge in [-0.1, -0.05) is 0 Å². The van der Waals surface area contributed by atoms with Crippen molar-refractivity contribution in [2.45, 2.75) is 31.4 Å². The molecular formula is C13H17BrN2O2. The van der Waals surface area contributed by atoms with Crippen LogP contribution in [-0.2, 0) is 4.74 Å². The highest BCUT2D eigenvalue weighted by Gasteiger charge is 2.25. The van der Waals surface area contributed by atoms with Gasteiger partial charge in [0.2, 0.25) is 0 Å². The maximum absolute atomic E-state index is 12.0. The number of nitrogen functional groups attached to an aromatic ring is 1. The number of nitrogens with two attached hydrogens (primary N) is 1. The molecule has 98 valence electrons. The molecule has 1 aromatic carbocycles. The van der Waals surface area contributed by atoms with Crippen molar-refractivity contribution in [3.05, 3.63) is 28.2 Å². The van der Waals surface area contributed by atoms with Crippen molar-refractivity contribution in [3.63, 3.8) is 0 Å². The molecule has 1 aromatic rings. The first-order valence-corrected chi connectivity index (χ1v) is 6.78. The molecule has 3 N–H and O–H groups in total. The van der Waals surface area contributed by atoms with Gasteiger partial charge in [-0.2, -0.15) is 0 Å². The first kappa shape index (κ1) is 13.4. The molecule has 2 rings (SSSR count). The van der Waals surface area contributed by atoms with Crippen LogP contribution < -0.4 is 11.1 Å². The van der Waals surface area contributed by atoms with Gasteiger partial charge < -0.3 is 15.8 Å². The Morgan fingerprint density at radius 2 is 2.28 bits per heavy atom. The van der Waals surface area contributed by atoms with Crippen molar-refractivity contribution in [2.24, 2.45) is 0 Å². The number of anilines is 1. The molecule has 1 fully saturated rings. The van der Waals surface area contributed by atoms with E-state index in [1.165, 1.54) is 0 Å². The molecule has 1 amide bonds. The molecule has 1 aliphatic carbocycles. The number of carbonyl (C=O) groups is 1. The second-order valence-corrected chi connectivity index (χ2v) is 5.43. The third-order valence-electron chi connectivity index (χ3n) is 3.32. The van der Waals surface area contributed by atoms with Crippen molar-refractivity contribution in [1.29, 1.82) is 0 Å². The molecule has 0 bridgehead atoms. The van der Waals surface area contributed by atoms with Crippen LogP contribution in [0.5, 0.6) is 0 Å². The maximum atomic E-state index is 12.0. The number of hydrogen-bond acceptors (Lipinski definition) is 3. The van der Waals surface area contributed by atoms with E-state index in [0.717, 1.165) is 23.7 Å². The molecule has 0 radical (unpaired) electrons. The molecule has 2 unspecified atom stereocenters. The number of methoxy groups -OCH3 is 1. The lowest BCUT2D eigenvalue weighted by atomic mass is 10.1. The highest BCUT2D eigenvalue weighted by molar-refractivity contribution is 9.10. The second kappa shape index (κ2) is 5.71. The van der Waals surface area contributed by atoms with Crippen LogP contribution in [0.3, 0.4) is 0 Å². The lowest BCUT2D eigenvalue weighted by Gasteiger charge is -2.13. The van der Waals surface area contributed by atoms with E-state index >= 15 is 0 Å². The van der Waals surface area contributed by atoms with Crippen molar-refractivity contribution in [3.8, 4) is 0 Å². The van der Waals surface area contributed by atoms with E-state index in [-0.39, 0.29) is 18.1 Å². The zero-order valence-corrected chi connectivity index (χ0v) is 11.9. The number of halogens is 1. The smallest absolute Gasteiger partial charge is 0.251 e. The zero-order chi connectivity index (χ0) is 13.1. The normalized spacial score (nSPS) is 23.0. The van der Waals surface area contributed by atoms with E-state index in [9.17, 15) is 4.79 Å². The van der Waals surface area contributed by atoms with Gasteiger partial charge in [-0.15, -0.1) is 0 Å². The zero-order valence-electron chi connectivity index (χ0n) is 10.3. The maximum Gasteiger partial charge on any atom is 0.251 e. The number of amides is 1. The van der Waals surface area contributed by atoms with E-state index in [0.29, 0.717) is 11.3 Å². The van der Waals surface area contributed by atoms with Gasteiger partial charge in [0.25, 0.3) is 5.91 Å². The van der Waals surface area contributed by atoms with Crippen molar-refractivity contribution in [2.75, 3.05) is 12.8 Å². The molecule has 18 heavy (non-hydrogen) atoms. The number of rotatable bonds is 3. The summed E-state index contributed by atoms with van der Waals surface area (Å²) in [4.78, 5) is 12.0. The molecular weight excluding hydrogens is 296 g/mol. The molecule has 0 saturated heterocycles. The second-order valence-electron chi connectivity index (χ2n) is 4.58. The number of hydrogen-bond donors (Lipinski definition) is 2. The van der Waals surface area contributed by atoms with Gasteiger partial charge in [0.15, 0.2) is 0 Å². The van der Waals surface area contributed by atoms with E-state index < -0.39 is 0 Å². The Hall–Kier alpha value is -1.07. The Kier molecular flexibility index (Phi) is 4.24. The fraction of sp³-hybridized carbons (Fsp3) is 0.462. The quantitative estimate of drug-likeness (QED) is 0.842. The number of nitrogens with one attached hydrogen (secondary N) is 1. The first-order valence-electron chi connectivity index (χ1n) is 5.99. The third-order valence-corrected chi connectivity index (χ3v) is 4.00. The van der Waals surface area contributed by atoms with E-state index in [2.05, 4.69) is 21.2 Å². The monoisotopic (exact) mass is 312 g/mol. The molecule has 0 aromatic heterocycles. The summed E-state index contributed by atoms with van der Waals surface area (Å²) in [6, 6.07) is 5.41. The lowest BCUT2D eigenvalue weighted by Crippen LogP contribution is -2.33. The summed E-state index contributed by atoms with van der Waals surface area (Å²) >= 11 is 3.32. The van der Waals surface area contributed by atoms with Gasteiger partial charge in [0.05, 0.1) is 6.10 Å². The van der Waals surface area contributed by atoms with Crippen LogP contribution in [0.25, 0.3) is 0 Å². The minimum absolute atomic E-state index is 0.0579. The molecule has 4 nitrogen and oxygen atoms in total. The van der Waals surface area contributed by atoms with Crippen LogP contribution in [0.15, 0.2) is 22.7 Å². The molecule has 0 spiro atoms. The highest BCUT2D eigenvalue weighted by Crippen LogP contribution is 2.23. The summed E-state index contributed by atoms with van der Waals surface area (Å²) in [5.41, 5.74) is 6.95. The minimum Gasteiger partial charge on any atom is -0.398 e. The van der Waals surface area contributed by atoms with Crippen molar-refractivity contribution >= 4 is 27.5 Å². The molecule has 1 aliphatic rings. The summed E-state index contributed by atoms with van der Waals surface area (Å²) in [6.45, 7) is 0. The standard InChI is InChI=1S/C13H17BrN2O2/c1-18-10-4-3-9(7-10)16-13(17)8-2-5-12(15)11(14)6-8/h2,5-6,9-10H,3-4,7,15H2,1H3,(H,16,17). The molecule has 0 heterocycles. The Bertz CT molecular complexity index is 451. The highest BCUT2D eigenvalue weighted by atomic mass is 79.9. The summed E-state index contributed by atoms with van der Waals surface area (Å²) in [5.74, 6) is -0.0579. The van der Waals surface area contributed by atoms with Gasteiger partial charge >= 0.3 is 0 Å². The summed E-state index contributed by atoms with van der Waals surface area (Å²) in [6.07, 6.45) is 3.14. The van der Waals surface area contributed by atoms with Crippen LogP contribution >= 0.6 is 15.9 Å².